The molecule has 118 valence electrons. The Kier molecular flexibility index (Phi) is 4.62. The molecule has 22 heavy (non-hydrogen) atoms. The minimum Gasteiger partial charge on any atom is -0.356 e. The molecule has 0 unspecified atom stereocenters. The van der Waals surface area contributed by atoms with E-state index in [0.717, 1.165) is 44.3 Å². The van der Waals surface area contributed by atoms with Crippen molar-refractivity contribution in [1.82, 2.24) is 29.8 Å². The number of nitrogens with one attached hydrogen (secondary N) is 1. The second-order valence-electron chi connectivity index (χ2n) is 5.94. The van der Waals surface area contributed by atoms with E-state index in [9.17, 15) is 4.79 Å². The summed E-state index contributed by atoms with van der Waals surface area (Å²) < 4.78 is 1.67. The normalized spacial score (nSPS) is 17.0. The number of hydrogen-bond acceptors (Lipinski definition) is 5. The van der Waals surface area contributed by atoms with E-state index in [-0.39, 0.29) is 11.8 Å². The molecule has 1 fully saturated rings. The summed E-state index contributed by atoms with van der Waals surface area (Å²) in [5.41, 5.74) is 1.10. The lowest BCUT2D eigenvalue weighted by Gasteiger charge is -2.28. The van der Waals surface area contributed by atoms with Gasteiger partial charge in [0, 0.05) is 24.9 Å². The molecule has 3 rings (SSSR count). The van der Waals surface area contributed by atoms with Crippen LogP contribution in [-0.2, 0) is 11.2 Å². The molecule has 2 aromatic rings. The number of carbonyl (C=O) groups is 1. The lowest BCUT2D eigenvalue weighted by Crippen LogP contribution is -2.39. The number of aromatic nitrogens is 4. The van der Waals surface area contributed by atoms with Gasteiger partial charge in [-0.2, -0.15) is 10.1 Å². The van der Waals surface area contributed by atoms with Crippen molar-refractivity contribution in [3.05, 3.63) is 24.3 Å². The van der Waals surface area contributed by atoms with Gasteiger partial charge < -0.3 is 10.2 Å². The molecule has 3 heterocycles. The molecule has 0 spiro atoms. The number of nitrogens with zero attached hydrogens (tertiary/aromatic N) is 5. The number of carbonyl (C=O) groups excluding carboxylic acids is 1. The molecular formula is C15H22N6O. The van der Waals surface area contributed by atoms with E-state index >= 15 is 0 Å². The zero-order chi connectivity index (χ0) is 15.4. The summed E-state index contributed by atoms with van der Waals surface area (Å²) in [6, 6.07) is 0. The second kappa shape index (κ2) is 6.83. The van der Waals surface area contributed by atoms with Crippen molar-refractivity contribution in [2.75, 3.05) is 26.7 Å². The number of hydrogen-bond donors (Lipinski definition) is 1. The number of likely N-dealkylation sites (tertiary alicyclic amines) is 1. The number of fused-ring (bicyclic) bond motifs is 1. The quantitative estimate of drug-likeness (QED) is 0.815. The SMILES string of the molecule is CN1CCC(C(=O)NCCCc2cnc3ncnn3c2)CC1. The van der Waals surface area contributed by atoms with Gasteiger partial charge in [0.05, 0.1) is 0 Å². The van der Waals surface area contributed by atoms with Gasteiger partial charge in [-0.25, -0.2) is 9.50 Å². The van der Waals surface area contributed by atoms with E-state index in [1.165, 1.54) is 6.33 Å². The molecule has 1 N–H and O–H groups in total. The second-order valence-corrected chi connectivity index (χ2v) is 5.94. The molecule has 7 nitrogen and oxygen atoms in total. The molecule has 0 aliphatic carbocycles. The minimum atomic E-state index is 0.185. The molecule has 0 atom stereocenters. The smallest absolute Gasteiger partial charge is 0.252 e. The van der Waals surface area contributed by atoms with E-state index in [0.29, 0.717) is 12.3 Å². The predicted molar refractivity (Wildman–Crippen MR) is 82.3 cm³/mol. The fraction of sp³-hybridized carbons (Fsp3) is 0.600. The van der Waals surface area contributed by atoms with Crippen LogP contribution in [0.5, 0.6) is 0 Å². The fourth-order valence-electron chi connectivity index (χ4n) is 2.81. The van der Waals surface area contributed by atoms with E-state index in [1.807, 2.05) is 12.4 Å². The Bertz CT molecular complexity index is 632. The first-order valence-electron chi connectivity index (χ1n) is 7.83. The van der Waals surface area contributed by atoms with E-state index in [2.05, 4.69) is 32.3 Å². The van der Waals surface area contributed by atoms with Crippen LogP contribution in [0, 0.1) is 5.92 Å². The summed E-state index contributed by atoms with van der Waals surface area (Å²) in [7, 11) is 2.11. The van der Waals surface area contributed by atoms with Crippen molar-refractivity contribution in [2.45, 2.75) is 25.7 Å². The van der Waals surface area contributed by atoms with Gasteiger partial charge in [-0.3, -0.25) is 4.79 Å². The zero-order valence-electron chi connectivity index (χ0n) is 12.9. The van der Waals surface area contributed by atoms with Crippen LogP contribution in [0.15, 0.2) is 18.7 Å². The predicted octanol–water partition coefficient (Wildman–Crippen LogP) is 0.515. The molecule has 0 bridgehead atoms. The summed E-state index contributed by atoms with van der Waals surface area (Å²) in [6.45, 7) is 2.74. The molecule has 0 aromatic carbocycles. The zero-order valence-corrected chi connectivity index (χ0v) is 12.9. The summed E-state index contributed by atoms with van der Waals surface area (Å²) in [6.07, 6.45) is 8.96. The van der Waals surface area contributed by atoms with Crippen LogP contribution in [0.25, 0.3) is 5.78 Å². The van der Waals surface area contributed by atoms with Crippen LogP contribution < -0.4 is 5.32 Å². The third-order valence-corrected chi connectivity index (χ3v) is 4.22. The molecule has 1 aliphatic heterocycles. The first-order valence-corrected chi connectivity index (χ1v) is 7.83. The lowest BCUT2D eigenvalue weighted by atomic mass is 9.96. The highest BCUT2D eigenvalue weighted by atomic mass is 16.1. The third kappa shape index (κ3) is 3.59. The van der Waals surface area contributed by atoms with Gasteiger partial charge >= 0.3 is 0 Å². The highest BCUT2D eigenvalue weighted by molar-refractivity contribution is 5.78. The Hall–Kier alpha value is -2.02. The first kappa shape index (κ1) is 14.9. The third-order valence-electron chi connectivity index (χ3n) is 4.22. The maximum atomic E-state index is 12.1. The van der Waals surface area contributed by atoms with Crippen LogP contribution in [-0.4, -0.2) is 57.1 Å². The van der Waals surface area contributed by atoms with E-state index < -0.39 is 0 Å². The Morgan fingerprint density at radius 2 is 2.18 bits per heavy atom. The van der Waals surface area contributed by atoms with Gasteiger partial charge in [0.2, 0.25) is 5.91 Å². The summed E-state index contributed by atoms with van der Waals surface area (Å²) >= 11 is 0. The highest BCUT2D eigenvalue weighted by Crippen LogP contribution is 2.15. The van der Waals surface area contributed by atoms with Crippen LogP contribution in [0.1, 0.15) is 24.8 Å². The lowest BCUT2D eigenvalue weighted by molar-refractivity contribution is -0.126. The molecule has 1 aliphatic rings. The largest absolute Gasteiger partial charge is 0.356 e. The maximum absolute atomic E-state index is 12.1. The Morgan fingerprint density at radius 1 is 1.36 bits per heavy atom. The number of piperidine rings is 1. The van der Waals surface area contributed by atoms with E-state index in [4.69, 9.17) is 0 Å². The van der Waals surface area contributed by atoms with E-state index in [1.54, 1.807) is 4.52 Å². The summed E-state index contributed by atoms with van der Waals surface area (Å²) in [4.78, 5) is 22.6. The van der Waals surface area contributed by atoms with Crippen LogP contribution in [0.3, 0.4) is 0 Å². The number of aryl methyl sites for hydroxylation is 1. The Balaban J connectivity index is 1.40. The van der Waals surface area contributed by atoms with Crippen LogP contribution >= 0.6 is 0 Å². The van der Waals surface area contributed by atoms with Crippen molar-refractivity contribution in [2.24, 2.45) is 5.92 Å². The van der Waals surface area contributed by atoms with Crippen LogP contribution in [0.2, 0.25) is 0 Å². The van der Waals surface area contributed by atoms with Gasteiger partial charge in [-0.05, 0) is 51.4 Å². The van der Waals surface area contributed by atoms with Crippen molar-refractivity contribution in [3.63, 3.8) is 0 Å². The van der Waals surface area contributed by atoms with Gasteiger partial charge in [0.25, 0.3) is 5.78 Å². The van der Waals surface area contributed by atoms with Crippen molar-refractivity contribution < 1.29 is 4.79 Å². The summed E-state index contributed by atoms with van der Waals surface area (Å²) in [5, 5.41) is 7.13. The van der Waals surface area contributed by atoms with Gasteiger partial charge in [-0.15, -0.1) is 0 Å². The average molecular weight is 302 g/mol. The van der Waals surface area contributed by atoms with Crippen LogP contribution in [0.4, 0.5) is 0 Å². The molecule has 1 saturated heterocycles. The fourth-order valence-corrected chi connectivity index (χ4v) is 2.81. The van der Waals surface area contributed by atoms with Crippen molar-refractivity contribution in [3.8, 4) is 0 Å². The van der Waals surface area contributed by atoms with Crippen molar-refractivity contribution in [1.29, 1.82) is 0 Å². The molecule has 2 aromatic heterocycles. The summed E-state index contributed by atoms with van der Waals surface area (Å²) in [5.74, 6) is 1.00. The topological polar surface area (TPSA) is 75.4 Å². The molecular weight excluding hydrogens is 280 g/mol. The number of rotatable bonds is 5. The Labute approximate surface area is 129 Å². The minimum absolute atomic E-state index is 0.185. The Morgan fingerprint density at radius 3 is 3.00 bits per heavy atom. The molecule has 0 saturated carbocycles. The first-order chi connectivity index (χ1) is 10.7. The van der Waals surface area contributed by atoms with Gasteiger partial charge in [0.1, 0.15) is 6.33 Å². The molecule has 7 heteroatoms. The maximum Gasteiger partial charge on any atom is 0.252 e. The number of amides is 1. The average Bonchev–Trinajstić information content (AvgIpc) is 2.99. The standard InChI is InChI=1S/C15H22N6O/c1-20-7-4-13(5-8-20)14(22)16-6-2-3-12-9-17-15-18-11-19-21(15)10-12/h9-11,13H,2-8H2,1H3,(H,16,22). The van der Waals surface area contributed by atoms with Crippen molar-refractivity contribution >= 4 is 11.7 Å². The molecule has 1 amide bonds. The highest BCUT2D eigenvalue weighted by Gasteiger charge is 2.22. The molecule has 0 radical (unpaired) electrons. The van der Waals surface area contributed by atoms with Gasteiger partial charge in [0.15, 0.2) is 0 Å². The van der Waals surface area contributed by atoms with Gasteiger partial charge in [-0.1, -0.05) is 0 Å². The monoisotopic (exact) mass is 302 g/mol.